The highest BCUT2D eigenvalue weighted by atomic mass is 16.5. The van der Waals surface area contributed by atoms with Crippen LogP contribution in [-0.2, 0) is 14.3 Å². The Morgan fingerprint density at radius 2 is 1.58 bits per heavy atom. The Bertz CT molecular complexity index is 592. The molecule has 3 aliphatic heterocycles. The van der Waals surface area contributed by atoms with E-state index in [2.05, 4.69) is 0 Å². The topological polar surface area (TPSA) is 46.6 Å². The highest BCUT2D eigenvalue weighted by Crippen LogP contribution is 2.46. The SMILES string of the molecule is Cc1ccccc1N1C(=O)C2C3C=CC(O3)C2C1=O. The summed E-state index contributed by atoms with van der Waals surface area (Å²) >= 11 is 0. The number of amides is 2. The number of imide groups is 1. The second-order valence-corrected chi connectivity index (χ2v) is 5.30. The van der Waals surface area contributed by atoms with Crippen LogP contribution in [0.4, 0.5) is 5.69 Å². The fraction of sp³-hybridized carbons (Fsp3) is 0.333. The number of rotatable bonds is 1. The number of hydrogen-bond acceptors (Lipinski definition) is 3. The largest absolute Gasteiger partial charge is 0.365 e. The van der Waals surface area contributed by atoms with E-state index in [1.54, 1.807) is 0 Å². The monoisotopic (exact) mass is 255 g/mol. The van der Waals surface area contributed by atoms with Crippen LogP contribution in [0.3, 0.4) is 0 Å². The molecule has 3 heterocycles. The molecule has 0 aromatic heterocycles. The number of para-hydroxylation sites is 1. The predicted octanol–water partition coefficient (Wildman–Crippen LogP) is 1.44. The molecule has 1 aromatic carbocycles. The van der Waals surface area contributed by atoms with Gasteiger partial charge in [-0.25, -0.2) is 4.90 Å². The Hall–Kier alpha value is -1.94. The molecule has 4 atom stereocenters. The predicted molar refractivity (Wildman–Crippen MR) is 68.5 cm³/mol. The number of hydrogen-bond donors (Lipinski definition) is 0. The molecule has 2 fully saturated rings. The Morgan fingerprint density at radius 1 is 1.00 bits per heavy atom. The summed E-state index contributed by atoms with van der Waals surface area (Å²) in [6.07, 6.45) is 3.36. The first-order valence-corrected chi connectivity index (χ1v) is 6.46. The molecule has 3 aliphatic rings. The van der Waals surface area contributed by atoms with Crippen LogP contribution in [0.5, 0.6) is 0 Å². The molecule has 4 nitrogen and oxygen atoms in total. The lowest BCUT2D eigenvalue weighted by Crippen LogP contribution is -2.34. The van der Waals surface area contributed by atoms with Gasteiger partial charge in [0.2, 0.25) is 11.8 Å². The van der Waals surface area contributed by atoms with Gasteiger partial charge in [0.15, 0.2) is 0 Å². The van der Waals surface area contributed by atoms with Gasteiger partial charge in [0.25, 0.3) is 0 Å². The molecule has 2 saturated heterocycles. The lowest BCUT2D eigenvalue weighted by Gasteiger charge is -2.19. The van der Waals surface area contributed by atoms with Crippen molar-refractivity contribution in [3.8, 4) is 0 Å². The van der Waals surface area contributed by atoms with Crippen LogP contribution in [0.25, 0.3) is 0 Å². The molecule has 0 spiro atoms. The summed E-state index contributed by atoms with van der Waals surface area (Å²) in [4.78, 5) is 26.4. The number of nitrogens with zero attached hydrogens (tertiary/aromatic N) is 1. The van der Waals surface area contributed by atoms with Crippen LogP contribution in [-0.4, -0.2) is 24.0 Å². The van der Waals surface area contributed by atoms with E-state index >= 15 is 0 Å². The lowest BCUT2D eigenvalue weighted by atomic mass is 9.85. The summed E-state index contributed by atoms with van der Waals surface area (Å²) in [5.74, 6) is -0.911. The molecule has 96 valence electrons. The lowest BCUT2D eigenvalue weighted by molar-refractivity contribution is -0.124. The molecular weight excluding hydrogens is 242 g/mol. The summed E-state index contributed by atoms with van der Waals surface area (Å²) in [6.45, 7) is 1.91. The van der Waals surface area contributed by atoms with Crippen molar-refractivity contribution < 1.29 is 14.3 Å². The van der Waals surface area contributed by atoms with Crippen LogP contribution < -0.4 is 4.90 Å². The molecular formula is C15H13NO3. The van der Waals surface area contributed by atoms with Crippen molar-refractivity contribution in [2.24, 2.45) is 11.8 Å². The molecule has 0 radical (unpaired) electrons. The number of carbonyl (C=O) groups is 2. The average molecular weight is 255 g/mol. The van der Waals surface area contributed by atoms with Crippen LogP contribution in [0, 0.1) is 18.8 Å². The molecule has 0 saturated carbocycles. The Labute approximate surface area is 110 Å². The van der Waals surface area contributed by atoms with Gasteiger partial charge >= 0.3 is 0 Å². The molecule has 0 N–H and O–H groups in total. The summed E-state index contributed by atoms with van der Waals surface area (Å²) in [5.41, 5.74) is 1.64. The molecule has 2 bridgehead atoms. The fourth-order valence-electron chi connectivity index (χ4n) is 3.36. The van der Waals surface area contributed by atoms with Crippen molar-refractivity contribution in [2.75, 3.05) is 4.90 Å². The van der Waals surface area contributed by atoms with Gasteiger partial charge in [0, 0.05) is 0 Å². The van der Waals surface area contributed by atoms with Crippen molar-refractivity contribution in [3.63, 3.8) is 0 Å². The molecule has 1 aromatic rings. The fourth-order valence-corrected chi connectivity index (χ4v) is 3.36. The van der Waals surface area contributed by atoms with E-state index < -0.39 is 0 Å². The quantitative estimate of drug-likeness (QED) is 0.563. The molecule has 4 rings (SSSR count). The van der Waals surface area contributed by atoms with Crippen molar-refractivity contribution in [2.45, 2.75) is 19.1 Å². The second-order valence-electron chi connectivity index (χ2n) is 5.30. The average Bonchev–Trinajstić information content (AvgIpc) is 3.06. The standard InChI is InChI=1S/C15H13NO3/c1-8-4-2-3-5-9(8)16-14(17)12-10-6-7-11(19-10)13(12)15(16)18/h2-7,10-13H,1H3. The highest BCUT2D eigenvalue weighted by molar-refractivity contribution is 6.23. The molecule has 4 unspecified atom stereocenters. The van der Waals surface area contributed by atoms with Gasteiger partial charge in [0.1, 0.15) is 0 Å². The molecule has 0 aliphatic carbocycles. The van der Waals surface area contributed by atoms with Crippen molar-refractivity contribution in [1.82, 2.24) is 0 Å². The van der Waals surface area contributed by atoms with E-state index in [0.717, 1.165) is 5.56 Å². The van der Waals surface area contributed by atoms with Gasteiger partial charge in [-0.1, -0.05) is 30.4 Å². The highest BCUT2D eigenvalue weighted by Gasteiger charge is 2.61. The maximum atomic E-state index is 12.5. The number of anilines is 1. The van der Waals surface area contributed by atoms with Crippen LogP contribution in [0.1, 0.15) is 5.56 Å². The zero-order valence-electron chi connectivity index (χ0n) is 10.4. The second kappa shape index (κ2) is 3.54. The molecule has 4 heteroatoms. The minimum atomic E-state index is -0.331. The Balaban J connectivity index is 1.79. The third-order valence-electron chi connectivity index (χ3n) is 4.27. The van der Waals surface area contributed by atoms with Crippen molar-refractivity contribution in [1.29, 1.82) is 0 Å². The zero-order chi connectivity index (χ0) is 13.1. The maximum Gasteiger partial charge on any atom is 0.240 e. The van der Waals surface area contributed by atoms with Crippen LogP contribution >= 0.6 is 0 Å². The minimum Gasteiger partial charge on any atom is -0.365 e. The van der Waals surface area contributed by atoms with E-state index in [9.17, 15) is 9.59 Å². The zero-order valence-corrected chi connectivity index (χ0v) is 10.4. The van der Waals surface area contributed by atoms with Gasteiger partial charge in [-0.3, -0.25) is 9.59 Å². The Morgan fingerprint density at radius 3 is 2.16 bits per heavy atom. The van der Waals surface area contributed by atoms with Gasteiger partial charge in [-0.2, -0.15) is 0 Å². The van der Waals surface area contributed by atoms with Crippen molar-refractivity contribution in [3.05, 3.63) is 42.0 Å². The van der Waals surface area contributed by atoms with E-state index in [1.807, 2.05) is 43.3 Å². The number of carbonyl (C=O) groups excluding carboxylic acids is 2. The van der Waals surface area contributed by atoms with Crippen LogP contribution in [0.2, 0.25) is 0 Å². The minimum absolute atomic E-state index is 0.124. The van der Waals surface area contributed by atoms with Crippen LogP contribution in [0.15, 0.2) is 36.4 Å². The van der Waals surface area contributed by atoms with Gasteiger partial charge in [0.05, 0.1) is 29.7 Å². The normalized spacial score (nSPS) is 35.3. The van der Waals surface area contributed by atoms with Gasteiger partial charge in [-0.15, -0.1) is 0 Å². The van der Waals surface area contributed by atoms with E-state index in [0.29, 0.717) is 5.69 Å². The summed E-state index contributed by atoms with van der Waals surface area (Å²) in [6, 6.07) is 7.48. The molecule has 19 heavy (non-hydrogen) atoms. The van der Waals surface area contributed by atoms with Gasteiger partial charge in [-0.05, 0) is 18.6 Å². The number of benzene rings is 1. The maximum absolute atomic E-state index is 12.5. The van der Waals surface area contributed by atoms with Crippen molar-refractivity contribution >= 4 is 17.5 Å². The first-order valence-electron chi connectivity index (χ1n) is 6.46. The Kier molecular flexibility index (Phi) is 2.04. The van der Waals surface area contributed by atoms with E-state index in [4.69, 9.17) is 4.74 Å². The number of ether oxygens (including phenoxy) is 1. The third kappa shape index (κ3) is 1.27. The number of fused-ring (bicyclic) bond motifs is 5. The smallest absolute Gasteiger partial charge is 0.240 e. The summed E-state index contributed by atoms with van der Waals surface area (Å²) < 4.78 is 5.62. The summed E-state index contributed by atoms with van der Waals surface area (Å²) in [7, 11) is 0. The van der Waals surface area contributed by atoms with Gasteiger partial charge < -0.3 is 4.74 Å². The van der Waals surface area contributed by atoms with E-state index in [-0.39, 0.29) is 35.9 Å². The molecule has 2 amide bonds. The third-order valence-corrected chi connectivity index (χ3v) is 4.27. The number of aryl methyl sites for hydroxylation is 1. The van der Waals surface area contributed by atoms with E-state index in [1.165, 1.54) is 4.90 Å². The summed E-state index contributed by atoms with van der Waals surface area (Å²) in [5, 5.41) is 0. The first kappa shape index (κ1) is 10.9. The first-order chi connectivity index (χ1) is 9.18.